The molecule has 0 saturated heterocycles. The number of aromatic nitrogens is 2. The van der Waals surface area contributed by atoms with Crippen molar-refractivity contribution in [3.63, 3.8) is 0 Å². The maximum atomic E-state index is 11.6. The molecule has 0 spiro atoms. The molecule has 2 N–H and O–H groups in total. The lowest BCUT2D eigenvalue weighted by Crippen LogP contribution is -2.30. The van der Waals surface area contributed by atoms with Crippen LogP contribution in [0, 0.1) is 0 Å². The SMILES string of the molecule is O=C(O)CN(Cc1ccccn1)c1ccccc1OCCOc1ccccc1N(CC(=O)O)Cc1ccccn1. The van der Waals surface area contributed by atoms with Gasteiger partial charge in [-0.25, -0.2) is 0 Å². The van der Waals surface area contributed by atoms with Gasteiger partial charge in [0.1, 0.15) is 37.8 Å². The highest BCUT2D eigenvalue weighted by Crippen LogP contribution is 2.31. The van der Waals surface area contributed by atoms with Gasteiger partial charge in [-0.15, -0.1) is 0 Å². The average molecular weight is 543 g/mol. The van der Waals surface area contributed by atoms with E-state index in [1.807, 2.05) is 48.5 Å². The minimum Gasteiger partial charge on any atom is -0.488 e. The molecule has 2 aromatic heterocycles. The maximum absolute atomic E-state index is 11.6. The van der Waals surface area contributed by atoms with Gasteiger partial charge in [-0.1, -0.05) is 36.4 Å². The van der Waals surface area contributed by atoms with Crippen molar-refractivity contribution in [3.05, 3.63) is 109 Å². The van der Waals surface area contributed by atoms with Gasteiger partial charge in [-0.3, -0.25) is 19.6 Å². The summed E-state index contributed by atoms with van der Waals surface area (Å²) in [5, 5.41) is 19.0. The lowest BCUT2D eigenvalue weighted by molar-refractivity contribution is -0.136. The highest BCUT2D eigenvalue weighted by molar-refractivity contribution is 5.76. The predicted octanol–water partition coefficient (Wildman–Crippen LogP) is 4.12. The Labute approximate surface area is 232 Å². The summed E-state index contributed by atoms with van der Waals surface area (Å²) in [5.74, 6) is -0.914. The number of hydrogen-bond acceptors (Lipinski definition) is 8. The quantitative estimate of drug-likeness (QED) is 0.212. The molecule has 4 aromatic rings. The van der Waals surface area contributed by atoms with Gasteiger partial charge in [0.25, 0.3) is 0 Å². The van der Waals surface area contributed by atoms with Gasteiger partial charge >= 0.3 is 11.9 Å². The highest BCUT2D eigenvalue weighted by Gasteiger charge is 2.18. The molecule has 0 aliphatic rings. The van der Waals surface area contributed by atoms with E-state index in [4.69, 9.17) is 9.47 Å². The van der Waals surface area contributed by atoms with Crippen LogP contribution in [-0.2, 0) is 22.7 Å². The summed E-state index contributed by atoms with van der Waals surface area (Å²) >= 11 is 0. The molecule has 0 fully saturated rings. The Morgan fingerprint density at radius 3 is 1.38 bits per heavy atom. The zero-order valence-electron chi connectivity index (χ0n) is 21.8. The summed E-state index contributed by atoms with van der Waals surface area (Å²) in [7, 11) is 0. The summed E-state index contributed by atoms with van der Waals surface area (Å²) < 4.78 is 12.0. The van der Waals surface area contributed by atoms with Gasteiger partial charge in [-0.2, -0.15) is 0 Å². The molecule has 40 heavy (non-hydrogen) atoms. The van der Waals surface area contributed by atoms with Crippen LogP contribution in [0.2, 0.25) is 0 Å². The molecular formula is C30H30N4O6. The first kappa shape index (κ1) is 27.9. The number of pyridine rings is 2. The van der Waals surface area contributed by atoms with E-state index in [0.29, 0.717) is 36.0 Å². The van der Waals surface area contributed by atoms with Crippen LogP contribution in [0.25, 0.3) is 0 Å². The van der Waals surface area contributed by atoms with Crippen LogP contribution in [0.3, 0.4) is 0 Å². The van der Waals surface area contributed by atoms with Gasteiger partial charge in [-0.05, 0) is 48.5 Å². The first-order valence-electron chi connectivity index (χ1n) is 12.7. The van der Waals surface area contributed by atoms with Crippen molar-refractivity contribution in [2.45, 2.75) is 13.1 Å². The molecule has 0 amide bonds. The second-order valence-electron chi connectivity index (χ2n) is 8.77. The number of carbonyl (C=O) groups is 2. The van der Waals surface area contributed by atoms with Gasteiger partial charge in [0, 0.05) is 12.4 Å². The van der Waals surface area contributed by atoms with E-state index >= 15 is 0 Å². The molecule has 0 saturated carbocycles. The van der Waals surface area contributed by atoms with Crippen LogP contribution in [0.5, 0.6) is 11.5 Å². The van der Waals surface area contributed by atoms with Crippen LogP contribution in [0.4, 0.5) is 11.4 Å². The van der Waals surface area contributed by atoms with Crippen LogP contribution in [0.1, 0.15) is 11.4 Å². The predicted molar refractivity (Wildman–Crippen MR) is 150 cm³/mol. The van der Waals surface area contributed by atoms with Crippen molar-refractivity contribution in [2.24, 2.45) is 0 Å². The molecule has 2 heterocycles. The Balaban J connectivity index is 1.44. The summed E-state index contributed by atoms with van der Waals surface area (Å²) in [5.41, 5.74) is 2.71. The second kappa shape index (κ2) is 14.1. The lowest BCUT2D eigenvalue weighted by atomic mass is 10.2. The van der Waals surface area contributed by atoms with Crippen molar-refractivity contribution < 1.29 is 29.3 Å². The molecule has 4 rings (SSSR count). The third-order valence-corrected chi connectivity index (χ3v) is 5.82. The number of ether oxygens (including phenoxy) is 2. The number of anilines is 2. The van der Waals surface area contributed by atoms with E-state index in [0.717, 1.165) is 11.4 Å². The van der Waals surface area contributed by atoms with Crippen molar-refractivity contribution in [2.75, 3.05) is 36.1 Å². The topological polar surface area (TPSA) is 125 Å². The molecule has 0 aliphatic carbocycles. The molecule has 0 unspecified atom stereocenters. The Morgan fingerprint density at radius 1 is 0.600 bits per heavy atom. The monoisotopic (exact) mass is 542 g/mol. The first-order chi connectivity index (χ1) is 19.5. The molecule has 0 aliphatic heterocycles. The fraction of sp³-hybridized carbons (Fsp3) is 0.200. The highest BCUT2D eigenvalue weighted by atomic mass is 16.5. The zero-order chi connectivity index (χ0) is 28.2. The van der Waals surface area contributed by atoms with E-state index in [2.05, 4.69) is 9.97 Å². The summed E-state index contributed by atoms with van der Waals surface area (Å²) in [4.78, 5) is 35.2. The molecule has 2 aromatic carbocycles. The van der Waals surface area contributed by atoms with Crippen molar-refractivity contribution in [1.29, 1.82) is 0 Å². The van der Waals surface area contributed by atoms with E-state index in [9.17, 15) is 19.8 Å². The van der Waals surface area contributed by atoms with E-state index < -0.39 is 11.9 Å². The molecule has 10 nitrogen and oxygen atoms in total. The normalized spacial score (nSPS) is 10.5. The zero-order valence-corrected chi connectivity index (χ0v) is 21.8. The van der Waals surface area contributed by atoms with Crippen LogP contribution in [-0.4, -0.2) is 58.4 Å². The Kier molecular flexibility index (Phi) is 9.87. The van der Waals surface area contributed by atoms with Crippen molar-refractivity contribution in [3.8, 4) is 11.5 Å². The summed E-state index contributed by atoms with van der Waals surface area (Å²) in [6.07, 6.45) is 3.33. The first-order valence-corrected chi connectivity index (χ1v) is 12.7. The lowest BCUT2D eigenvalue weighted by Gasteiger charge is -2.26. The van der Waals surface area contributed by atoms with E-state index in [-0.39, 0.29) is 26.3 Å². The van der Waals surface area contributed by atoms with Gasteiger partial charge in [0.05, 0.1) is 35.9 Å². The molecule has 10 heteroatoms. The van der Waals surface area contributed by atoms with Crippen LogP contribution >= 0.6 is 0 Å². The summed E-state index contributed by atoms with van der Waals surface area (Å²) in [6.45, 7) is 0.497. The second-order valence-corrected chi connectivity index (χ2v) is 8.77. The number of benzene rings is 2. The van der Waals surface area contributed by atoms with Gasteiger partial charge < -0.3 is 29.5 Å². The maximum Gasteiger partial charge on any atom is 0.323 e. The van der Waals surface area contributed by atoms with Crippen LogP contribution in [0.15, 0.2) is 97.3 Å². The number of carboxylic acids is 2. The number of rotatable bonds is 15. The van der Waals surface area contributed by atoms with Crippen molar-refractivity contribution >= 4 is 23.3 Å². The number of para-hydroxylation sites is 4. The van der Waals surface area contributed by atoms with Crippen molar-refractivity contribution in [1.82, 2.24) is 9.97 Å². The third kappa shape index (κ3) is 8.19. The number of carboxylic acid groups (broad SMARTS) is 2. The minimum absolute atomic E-state index is 0.176. The molecule has 206 valence electrons. The van der Waals surface area contributed by atoms with E-state index in [1.165, 1.54) is 0 Å². The standard InChI is InChI=1S/C30H30N4O6/c35-29(36)21-33(19-23-9-5-7-15-31-23)25-11-1-3-13-27(25)39-17-18-40-28-14-4-2-12-26(28)34(22-30(37)38)20-24-10-6-8-16-32-24/h1-16H,17-22H2,(H,35,36)(H,37,38). The van der Waals surface area contributed by atoms with Gasteiger partial charge in [0.2, 0.25) is 0 Å². The fourth-order valence-electron chi connectivity index (χ4n) is 4.14. The number of aliphatic carboxylic acids is 2. The van der Waals surface area contributed by atoms with Gasteiger partial charge in [0.15, 0.2) is 0 Å². The van der Waals surface area contributed by atoms with E-state index in [1.54, 1.807) is 58.6 Å². The smallest absolute Gasteiger partial charge is 0.323 e. The van der Waals surface area contributed by atoms with Crippen LogP contribution < -0.4 is 19.3 Å². The minimum atomic E-state index is -0.970. The Morgan fingerprint density at radius 2 is 1.00 bits per heavy atom. The molecular weight excluding hydrogens is 512 g/mol. The summed E-state index contributed by atoms with van der Waals surface area (Å²) in [6, 6.07) is 25.4. The molecule has 0 atom stereocenters. The third-order valence-electron chi connectivity index (χ3n) is 5.82. The Bertz CT molecular complexity index is 1280. The number of nitrogens with zero attached hydrogens (tertiary/aromatic N) is 4. The fourth-order valence-corrected chi connectivity index (χ4v) is 4.14. The molecule has 0 bridgehead atoms. The largest absolute Gasteiger partial charge is 0.488 e. The average Bonchev–Trinajstić information content (AvgIpc) is 2.96. The number of hydrogen-bond donors (Lipinski definition) is 2. The molecule has 0 radical (unpaired) electrons. The Hall–Kier alpha value is -5.12.